The van der Waals surface area contributed by atoms with Gasteiger partial charge in [-0.3, -0.25) is 29.1 Å². The van der Waals surface area contributed by atoms with Crippen molar-refractivity contribution in [3.63, 3.8) is 0 Å². The number of aliphatic hydroxyl groups excluding tert-OH is 1. The molecule has 0 spiro atoms. The molecule has 0 atom stereocenters. The van der Waals surface area contributed by atoms with Gasteiger partial charge in [0.2, 0.25) is 0 Å². The number of para-hydroxylation sites is 2. The smallest absolute Gasteiger partial charge is 0.268 e. The van der Waals surface area contributed by atoms with E-state index in [1.54, 1.807) is 36.7 Å². The summed E-state index contributed by atoms with van der Waals surface area (Å²) in [6.45, 7) is 15.8. The van der Waals surface area contributed by atoms with E-state index in [1.165, 1.54) is 59.0 Å². The average Bonchev–Trinajstić information content (AvgIpc) is 1.46. The molecule has 21 rings (SSSR count). The second kappa shape index (κ2) is 58.8. The Morgan fingerprint density at radius 1 is 0.468 bits per heavy atom. The van der Waals surface area contributed by atoms with Crippen molar-refractivity contribution in [2.45, 2.75) is 80.7 Å². The fraction of sp³-hybridized carbons (Fsp3) is 0.100. The monoisotopic (exact) mass is 2930 g/mol. The molecule has 141 heavy (non-hydrogen) atoms. The van der Waals surface area contributed by atoms with Crippen molar-refractivity contribution in [1.82, 2.24) is 44.5 Å². The first-order valence-electron chi connectivity index (χ1n) is 47.4. The Balaban J connectivity index is 0.000000233. The number of rotatable bonds is 14. The van der Waals surface area contributed by atoms with E-state index in [0.717, 1.165) is 83.7 Å². The Morgan fingerprint density at radius 3 is 1.62 bits per heavy atom. The molecular weight excluding hydrogens is 2810 g/mol. The van der Waals surface area contributed by atoms with Crippen LogP contribution in [0.4, 0.5) is 0 Å². The number of nitrogens with zero attached hydrogens (tertiary/aromatic N) is 10. The molecule has 0 bridgehead atoms. The third kappa shape index (κ3) is 31.9. The fourth-order valence-electron chi connectivity index (χ4n) is 14.3. The number of carbonyl (C=O) groups excluding carboxylic acids is 1. The van der Waals surface area contributed by atoms with Crippen molar-refractivity contribution in [2.75, 3.05) is 0 Å². The fourth-order valence-corrected chi connectivity index (χ4v) is 14.3. The summed E-state index contributed by atoms with van der Waals surface area (Å²) in [6.07, 6.45) is 9.94. The summed E-state index contributed by atoms with van der Waals surface area (Å²) in [5.41, 5.74) is 25.9. The Hall–Kier alpha value is -13.1. The van der Waals surface area contributed by atoms with Crippen LogP contribution in [0.1, 0.15) is 108 Å². The van der Waals surface area contributed by atoms with Crippen LogP contribution in [0.25, 0.3) is 140 Å². The Labute approximate surface area is 918 Å². The normalized spacial score (nSPS) is 11.6. The van der Waals surface area contributed by atoms with Crippen molar-refractivity contribution >= 4 is 44.6 Å². The number of ketones is 1. The first-order valence-corrected chi connectivity index (χ1v) is 43.4. The number of fused-ring (bicyclic) bond motifs is 6. The van der Waals surface area contributed by atoms with Crippen LogP contribution in [0.2, 0.25) is 0 Å². The van der Waals surface area contributed by atoms with E-state index in [2.05, 4.69) is 226 Å². The molecule has 15 nitrogen and oxygen atoms in total. The molecule has 0 fully saturated rings. The van der Waals surface area contributed by atoms with Crippen LogP contribution in [0, 0.1) is 42.5 Å². The topological polar surface area (TPSA) is 201 Å². The van der Waals surface area contributed by atoms with Gasteiger partial charge in [-0.25, -0.2) is 10.8 Å². The molecule has 8 heterocycles. The van der Waals surface area contributed by atoms with E-state index in [-0.39, 0.29) is 163 Å². The van der Waals surface area contributed by atoms with E-state index in [0.29, 0.717) is 40.0 Å². The van der Waals surface area contributed by atoms with Crippen LogP contribution < -0.4 is 11.1 Å². The molecule has 8 aromatic heterocycles. The molecule has 0 unspecified atom stereocenters. The van der Waals surface area contributed by atoms with Gasteiger partial charge in [-0.2, -0.15) is 10.7 Å². The molecule has 722 valence electrons. The second-order valence-electron chi connectivity index (χ2n) is 31.2. The number of allylic oxidation sites excluding steroid dienone is 2. The summed E-state index contributed by atoms with van der Waals surface area (Å²) >= 11 is 0. The number of hydrogen-bond acceptors (Lipinski definition) is 12. The molecule has 0 saturated heterocycles. The van der Waals surface area contributed by atoms with Gasteiger partial charge in [-0.1, -0.05) is 228 Å². The van der Waals surface area contributed by atoms with Crippen molar-refractivity contribution in [3.05, 3.63) is 499 Å². The summed E-state index contributed by atoms with van der Waals surface area (Å²) in [7, 11) is 0. The quantitative estimate of drug-likeness (QED) is 0.0345. The van der Waals surface area contributed by atoms with Crippen LogP contribution in [0.5, 0.6) is 0 Å². The SMILES string of the molecule is C.CC(=O)C=C(C)O.CC(C)N/N=C1\C(=[N-])c2[c-]cccc2-c2ccccc21.CC(C)c1cccc(C(C)C)c1-n1ccnc1-c1[c-]cccc1.O=c1oc2ccccc2[c-]c1-c1ccccn1.[2H]c1[c-]c(-c2nc([2H])c([2H])c([2H])c2[2H])c([2H])c([2H])c1[2H].[Ir].[Ir].[Ir].[Ir].[Ir].[Ir].[c-]1ccccc1-c1cc(-c2ccccc2)c2cc(-c3ccccc3)ccc2n1.[c-]1ccccc1-c1cc2ccccn2n1.[c-]1ccccc1-c1ccccn1. The second-order valence-corrected chi connectivity index (χ2v) is 31.2. The zero-order valence-electron chi connectivity index (χ0n) is 85.0. The molecule has 1 aliphatic carbocycles. The number of aliphatic hydroxyl groups is 1. The van der Waals surface area contributed by atoms with Gasteiger partial charge in [-0.15, -0.1) is 221 Å². The molecule has 21 heteroatoms. The maximum absolute atomic E-state index is 11.8. The van der Waals surface area contributed by atoms with E-state index >= 15 is 0 Å². The third-order valence-electron chi connectivity index (χ3n) is 20.5. The van der Waals surface area contributed by atoms with Crippen LogP contribution >= 0.6 is 0 Å². The first-order chi connectivity index (χ1) is 68.8. The van der Waals surface area contributed by atoms with E-state index in [1.807, 2.05) is 225 Å². The van der Waals surface area contributed by atoms with Gasteiger partial charge in [0.05, 0.1) is 33.7 Å². The van der Waals surface area contributed by atoms with Crippen LogP contribution in [0.15, 0.2) is 433 Å². The molecular formula is C120H101Ir6N11O4-8. The minimum Gasteiger partial charge on any atom is -0.854 e. The van der Waals surface area contributed by atoms with Crippen LogP contribution in [-0.4, -0.2) is 67.5 Å². The summed E-state index contributed by atoms with van der Waals surface area (Å²) in [5.74, 6) is 1.80. The molecule has 20 aromatic rings. The minimum atomic E-state index is -0.526. The maximum Gasteiger partial charge on any atom is 0.268 e. The number of pyridine rings is 5. The zero-order chi connectivity index (χ0) is 100. The van der Waals surface area contributed by atoms with Crippen molar-refractivity contribution < 1.29 is 146 Å². The molecule has 2 N–H and O–H groups in total. The Bertz CT molecular complexity index is 7730. The molecule has 12 aromatic carbocycles. The van der Waals surface area contributed by atoms with Gasteiger partial charge in [0.1, 0.15) is 0 Å². The van der Waals surface area contributed by atoms with Gasteiger partial charge in [0, 0.05) is 201 Å². The zero-order valence-corrected chi connectivity index (χ0v) is 91.4. The molecule has 6 radical (unpaired) electrons. The molecule has 0 aliphatic heterocycles. The molecule has 1 aliphatic rings. The number of benzene rings is 12. The standard InChI is InChI=1S/C27H18N.C21H23N2.C17H15N3.C14H8NO2.C13H9N2.2C11H8N.C5H8O2.CH4.6Ir/c1-4-10-20(11-5-1)23-16-17-26-25(18-23)24(21-12-6-2-7-13-21)19-27(28-26)22-14-8-3-9-15-22;1-15(2)18-11-8-12-19(16(3)4)20(18)23-14-13-22-21(23)17-9-6-5-7-10-17;1-11(2)19-20-17-15-10-6-4-8-13(15)12-7-3-5-9-14(12)16(17)18;16-14-11(12-6-3-4-8-15-12)9-10-5-1-2-7-13(10)17-14;1-2-6-11(7-3-1)13-10-12-8-4-5-9-15(12)14-13;2*1-2-6-10(7-3-1)11-8-4-5-9-12-11;1-4(6)3-5(2)7;;;;;;;/h1-14,16-19H;5-9,11-16H,1-4H3;3-8,10-11,19H,1-2H3;1-8H;1-6,8-10H;2*1-6,8-9H;3,6H,1-2H3;1H4;;;;;;/q2*-1;-2;4*-1;;;;;;;;/b;;20-17-;;;;;;;;;;;;/i;;;;;1D,2D,3D,4D,5D,6D,8D,9D;;;;;;;;;. The van der Waals surface area contributed by atoms with E-state index in [4.69, 9.17) is 25.5 Å². The van der Waals surface area contributed by atoms with Crippen molar-refractivity contribution in [1.29, 1.82) is 0 Å². The Morgan fingerprint density at radius 2 is 1.03 bits per heavy atom. The van der Waals surface area contributed by atoms with Gasteiger partial charge in [-0.05, 0) is 146 Å². The van der Waals surface area contributed by atoms with Gasteiger partial charge < -0.3 is 34.9 Å². The first kappa shape index (κ1) is 102. The van der Waals surface area contributed by atoms with E-state index in [9.17, 15) is 15.0 Å². The van der Waals surface area contributed by atoms with Gasteiger partial charge in [0.25, 0.3) is 5.63 Å². The number of nitrogens with one attached hydrogen (secondary N) is 1. The van der Waals surface area contributed by atoms with Gasteiger partial charge >= 0.3 is 0 Å². The van der Waals surface area contributed by atoms with Crippen molar-refractivity contribution in [3.8, 4) is 107 Å². The van der Waals surface area contributed by atoms with Crippen LogP contribution in [-0.2, 0) is 125 Å². The predicted molar refractivity (Wildman–Crippen MR) is 551 cm³/mol. The van der Waals surface area contributed by atoms with Gasteiger partial charge in [0.15, 0.2) is 5.78 Å². The Kier molecular flexibility index (Phi) is 42.6. The maximum atomic E-state index is 11.8. The summed E-state index contributed by atoms with van der Waals surface area (Å²) in [6, 6.07) is 127. The number of aromatic nitrogens is 8. The minimum absolute atomic E-state index is 0. The largest absolute Gasteiger partial charge is 0.854 e. The van der Waals surface area contributed by atoms with Crippen molar-refractivity contribution in [2.24, 2.45) is 5.10 Å². The molecule has 0 amide bonds. The van der Waals surface area contributed by atoms with E-state index < -0.39 is 54.1 Å². The summed E-state index contributed by atoms with van der Waals surface area (Å²) in [4.78, 5) is 43.4. The molecule has 0 saturated carbocycles. The number of imidazole rings is 1. The summed E-state index contributed by atoms with van der Waals surface area (Å²) < 4.78 is 69.7. The average molecular weight is 2920 g/mol. The number of carbonyl (C=O) groups is 1. The number of hydrazone groups is 1. The summed E-state index contributed by atoms with van der Waals surface area (Å²) in [5, 5.41) is 29.6. The number of hydrogen-bond donors (Lipinski definition) is 2. The van der Waals surface area contributed by atoms with Crippen LogP contribution in [0.3, 0.4) is 0 Å². The predicted octanol–water partition coefficient (Wildman–Crippen LogP) is 28.1. The third-order valence-corrected chi connectivity index (χ3v) is 20.5.